The molecule has 4 heteroatoms. The molecule has 1 saturated carbocycles. The van der Waals surface area contributed by atoms with E-state index in [2.05, 4.69) is 11.2 Å². The van der Waals surface area contributed by atoms with Crippen molar-refractivity contribution < 1.29 is 0 Å². The zero-order valence-corrected chi connectivity index (χ0v) is 6.70. The second-order valence-corrected chi connectivity index (χ2v) is 3.28. The van der Waals surface area contributed by atoms with Crippen molar-refractivity contribution in [3.8, 4) is 6.07 Å². The number of hydrogen-bond donors (Lipinski definition) is 1. The van der Waals surface area contributed by atoms with Crippen LogP contribution in [0.3, 0.4) is 0 Å². The summed E-state index contributed by atoms with van der Waals surface area (Å²) in [6.45, 7) is 0. The number of nitrogen functional groups attached to an aromatic ring is 1. The minimum Gasteiger partial charge on any atom is -0.396 e. The summed E-state index contributed by atoms with van der Waals surface area (Å²) in [5, 5.41) is 12.7. The second-order valence-electron chi connectivity index (χ2n) is 3.28. The van der Waals surface area contributed by atoms with E-state index < -0.39 is 0 Å². The Hall–Kier alpha value is -1.50. The van der Waals surface area contributed by atoms with Crippen molar-refractivity contribution in [3.63, 3.8) is 0 Å². The van der Waals surface area contributed by atoms with E-state index in [4.69, 9.17) is 11.0 Å². The molecular weight excluding hydrogens is 152 g/mol. The van der Waals surface area contributed by atoms with Gasteiger partial charge in [0.25, 0.3) is 0 Å². The molecule has 0 spiro atoms. The molecule has 0 amide bonds. The summed E-state index contributed by atoms with van der Waals surface area (Å²) in [4.78, 5) is 0. The van der Waals surface area contributed by atoms with Gasteiger partial charge in [0.2, 0.25) is 0 Å². The highest BCUT2D eigenvalue weighted by atomic mass is 15.3. The number of anilines is 1. The van der Waals surface area contributed by atoms with Crippen molar-refractivity contribution in [1.29, 1.82) is 5.26 Å². The van der Waals surface area contributed by atoms with Crippen LogP contribution in [0.5, 0.6) is 0 Å². The largest absolute Gasteiger partial charge is 0.396 e. The summed E-state index contributed by atoms with van der Waals surface area (Å²) in [5.74, 6) is 0. The van der Waals surface area contributed by atoms with Gasteiger partial charge in [0.1, 0.15) is 0 Å². The van der Waals surface area contributed by atoms with Crippen LogP contribution in [-0.4, -0.2) is 9.78 Å². The first-order valence-corrected chi connectivity index (χ1v) is 3.94. The summed E-state index contributed by atoms with van der Waals surface area (Å²) in [5.41, 5.74) is 6.18. The fraction of sp³-hybridized carbons (Fsp3) is 0.500. The highest BCUT2D eigenvalue weighted by molar-refractivity contribution is 5.31. The molecule has 1 aliphatic rings. The third-order valence-corrected chi connectivity index (χ3v) is 2.32. The summed E-state index contributed by atoms with van der Waals surface area (Å²) < 4.78 is 1.82. The lowest BCUT2D eigenvalue weighted by Crippen LogP contribution is -2.16. The zero-order chi connectivity index (χ0) is 8.60. The fourth-order valence-corrected chi connectivity index (χ4v) is 1.37. The first-order valence-electron chi connectivity index (χ1n) is 3.94. The average molecular weight is 162 g/mol. The predicted molar refractivity (Wildman–Crippen MR) is 44.1 cm³/mol. The lowest BCUT2D eigenvalue weighted by Gasteiger charge is -2.10. The van der Waals surface area contributed by atoms with Crippen molar-refractivity contribution in [3.05, 3.63) is 12.4 Å². The molecule has 1 aliphatic carbocycles. The molecule has 1 fully saturated rings. The van der Waals surface area contributed by atoms with Gasteiger partial charge in [-0.05, 0) is 12.8 Å². The van der Waals surface area contributed by atoms with E-state index in [0.29, 0.717) is 12.1 Å². The Balaban J connectivity index is 2.25. The van der Waals surface area contributed by atoms with E-state index in [0.717, 1.165) is 12.8 Å². The smallest absolute Gasteiger partial charge is 0.0759 e. The Morgan fingerprint density at radius 2 is 2.50 bits per heavy atom. The van der Waals surface area contributed by atoms with Crippen LogP contribution < -0.4 is 5.73 Å². The summed E-state index contributed by atoms with van der Waals surface area (Å²) >= 11 is 0. The molecule has 0 saturated heterocycles. The Bertz CT molecular complexity index is 329. The number of nitriles is 1. The number of nitrogens with zero attached hydrogens (tertiary/aromatic N) is 3. The first kappa shape index (κ1) is 7.17. The van der Waals surface area contributed by atoms with Gasteiger partial charge in [0.15, 0.2) is 0 Å². The maximum absolute atomic E-state index is 8.59. The van der Waals surface area contributed by atoms with E-state index >= 15 is 0 Å². The Morgan fingerprint density at radius 1 is 1.75 bits per heavy atom. The van der Waals surface area contributed by atoms with Crippen LogP contribution in [0.2, 0.25) is 0 Å². The van der Waals surface area contributed by atoms with E-state index in [9.17, 15) is 0 Å². The van der Waals surface area contributed by atoms with Crippen molar-refractivity contribution in [2.45, 2.75) is 24.8 Å². The van der Waals surface area contributed by atoms with Crippen LogP contribution in [0.1, 0.15) is 19.3 Å². The van der Waals surface area contributed by atoms with Gasteiger partial charge in [0, 0.05) is 6.20 Å². The molecular formula is C8H10N4. The topological polar surface area (TPSA) is 67.6 Å². The van der Waals surface area contributed by atoms with Gasteiger partial charge in [-0.25, -0.2) is 0 Å². The van der Waals surface area contributed by atoms with Gasteiger partial charge in [-0.1, -0.05) is 0 Å². The molecule has 62 valence electrons. The average Bonchev–Trinajstić information content (AvgIpc) is 2.69. The molecule has 2 rings (SSSR count). The van der Waals surface area contributed by atoms with Crippen LogP contribution in [0.15, 0.2) is 12.4 Å². The van der Waals surface area contributed by atoms with E-state index in [-0.39, 0.29) is 5.54 Å². The lowest BCUT2D eigenvalue weighted by molar-refractivity contribution is 0.440. The maximum Gasteiger partial charge on any atom is 0.0759 e. The van der Waals surface area contributed by atoms with Crippen LogP contribution in [0, 0.1) is 11.3 Å². The van der Waals surface area contributed by atoms with Crippen molar-refractivity contribution >= 4 is 5.69 Å². The summed E-state index contributed by atoms with van der Waals surface area (Å²) in [7, 11) is 0. The van der Waals surface area contributed by atoms with Gasteiger partial charge in [0.05, 0.1) is 29.9 Å². The summed E-state index contributed by atoms with van der Waals surface area (Å²) in [6, 6.07) is 2.18. The normalized spacial score (nSPS) is 18.6. The molecule has 2 N–H and O–H groups in total. The molecule has 4 nitrogen and oxygen atoms in total. The van der Waals surface area contributed by atoms with Gasteiger partial charge in [-0.2, -0.15) is 10.4 Å². The second kappa shape index (κ2) is 2.24. The quantitative estimate of drug-likeness (QED) is 0.701. The van der Waals surface area contributed by atoms with Crippen molar-refractivity contribution in [2.75, 3.05) is 5.73 Å². The Labute approximate surface area is 70.6 Å². The molecule has 0 aliphatic heterocycles. The first-order chi connectivity index (χ1) is 5.77. The molecule has 0 unspecified atom stereocenters. The molecule has 1 aromatic rings. The molecule has 1 aromatic heterocycles. The number of aromatic nitrogens is 2. The minimum atomic E-state index is -0.0215. The van der Waals surface area contributed by atoms with Crippen LogP contribution in [-0.2, 0) is 5.54 Å². The highest BCUT2D eigenvalue weighted by Crippen LogP contribution is 2.45. The van der Waals surface area contributed by atoms with Crippen LogP contribution >= 0.6 is 0 Å². The lowest BCUT2D eigenvalue weighted by atomic mass is 10.2. The number of nitrogens with two attached hydrogens (primary N) is 1. The standard InChI is InChI=1S/C8H10N4/c9-4-3-8(1-2-8)12-6-7(10)5-11-12/h5-6H,1-3,10H2. The van der Waals surface area contributed by atoms with Crippen LogP contribution in [0.25, 0.3) is 0 Å². The third-order valence-electron chi connectivity index (χ3n) is 2.32. The molecule has 0 atom stereocenters. The molecule has 0 bridgehead atoms. The number of rotatable bonds is 2. The van der Waals surface area contributed by atoms with Crippen LogP contribution in [0.4, 0.5) is 5.69 Å². The van der Waals surface area contributed by atoms with Gasteiger partial charge < -0.3 is 5.73 Å². The minimum absolute atomic E-state index is 0.0215. The van der Waals surface area contributed by atoms with E-state index in [1.54, 1.807) is 12.4 Å². The van der Waals surface area contributed by atoms with E-state index in [1.165, 1.54) is 0 Å². The fourth-order valence-electron chi connectivity index (χ4n) is 1.37. The predicted octanol–water partition coefficient (Wildman–Crippen LogP) is 0.868. The van der Waals surface area contributed by atoms with Gasteiger partial charge in [-0.3, -0.25) is 4.68 Å². The maximum atomic E-state index is 8.59. The zero-order valence-electron chi connectivity index (χ0n) is 6.70. The summed E-state index contributed by atoms with van der Waals surface area (Å²) in [6.07, 6.45) is 6.04. The molecule has 12 heavy (non-hydrogen) atoms. The monoisotopic (exact) mass is 162 g/mol. The molecule has 0 aromatic carbocycles. The Kier molecular flexibility index (Phi) is 1.34. The molecule has 1 heterocycles. The van der Waals surface area contributed by atoms with Gasteiger partial charge >= 0.3 is 0 Å². The van der Waals surface area contributed by atoms with E-state index in [1.807, 2.05) is 4.68 Å². The Morgan fingerprint density at radius 3 is 2.92 bits per heavy atom. The molecule has 0 radical (unpaired) electrons. The van der Waals surface area contributed by atoms with Gasteiger partial charge in [-0.15, -0.1) is 0 Å². The van der Waals surface area contributed by atoms with Crippen molar-refractivity contribution in [2.24, 2.45) is 0 Å². The number of hydrogen-bond acceptors (Lipinski definition) is 3. The van der Waals surface area contributed by atoms with Crippen molar-refractivity contribution in [1.82, 2.24) is 9.78 Å². The SMILES string of the molecule is N#CCC1(n2cc(N)cn2)CC1. The third kappa shape index (κ3) is 0.944. The highest BCUT2D eigenvalue weighted by Gasteiger charge is 2.45.